The Kier molecular flexibility index (Phi) is 4.31. The predicted octanol–water partition coefficient (Wildman–Crippen LogP) is 6.24. The molecule has 5 aliphatic rings. The van der Waals surface area contributed by atoms with Crippen LogP contribution in [0.4, 0.5) is 0 Å². The molecule has 0 amide bonds. The van der Waals surface area contributed by atoms with Gasteiger partial charge in [0, 0.05) is 11.1 Å². The summed E-state index contributed by atoms with van der Waals surface area (Å²) in [7, 11) is 1.81. The van der Waals surface area contributed by atoms with Crippen LogP contribution in [0.15, 0.2) is 42.0 Å². The molecule has 3 heteroatoms. The summed E-state index contributed by atoms with van der Waals surface area (Å²) in [5, 5.41) is 9.31. The molecule has 4 bridgehead atoms. The third kappa shape index (κ3) is 3.12. The molecule has 4 fully saturated rings. The van der Waals surface area contributed by atoms with Crippen LogP contribution in [0.1, 0.15) is 61.6 Å². The van der Waals surface area contributed by atoms with Gasteiger partial charge in [0.05, 0.1) is 7.11 Å². The summed E-state index contributed by atoms with van der Waals surface area (Å²) < 4.78 is 5.89. The van der Waals surface area contributed by atoms with Crippen molar-refractivity contribution in [1.29, 1.82) is 0 Å². The van der Waals surface area contributed by atoms with E-state index >= 15 is 0 Å². The number of aryl methyl sites for hydroxylation is 1. The second-order valence-electron chi connectivity index (χ2n) is 10.5. The number of carboxylic acids is 1. The zero-order valence-corrected chi connectivity index (χ0v) is 18.2. The minimum absolute atomic E-state index is 0.295. The van der Waals surface area contributed by atoms with Gasteiger partial charge in [-0.3, -0.25) is 0 Å². The summed E-state index contributed by atoms with van der Waals surface area (Å²) >= 11 is 0. The molecule has 2 aromatic rings. The third-order valence-corrected chi connectivity index (χ3v) is 8.55. The van der Waals surface area contributed by atoms with Crippen molar-refractivity contribution in [2.45, 2.75) is 56.8 Å². The zero-order chi connectivity index (χ0) is 21.2. The summed E-state index contributed by atoms with van der Waals surface area (Å²) in [6.45, 7) is 0. The minimum atomic E-state index is -0.801. The molecule has 2 aromatic carbocycles. The number of benzene rings is 2. The van der Waals surface area contributed by atoms with Crippen molar-refractivity contribution in [3.05, 3.63) is 58.7 Å². The second-order valence-corrected chi connectivity index (χ2v) is 10.5. The molecule has 0 saturated heterocycles. The predicted molar refractivity (Wildman–Crippen MR) is 122 cm³/mol. The largest absolute Gasteiger partial charge is 0.496 e. The summed E-state index contributed by atoms with van der Waals surface area (Å²) in [5.41, 5.74) is 6.99. The van der Waals surface area contributed by atoms with Crippen molar-refractivity contribution in [1.82, 2.24) is 0 Å². The highest BCUT2D eigenvalue weighted by Gasteiger charge is 2.52. The highest BCUT2D eigenvalue weighted by molar-refractivity contribution is 5.93. The Labute approximate surface area is 184 Å². The van der Waals surface area contributed by atoms with Crippen LogP contribution in [0, 0.1) is 17.8 Å². The zero-order valence-electron chi connectivity index (χ0n) is 18.2. The minimum Gasteiger partial charge on any atom is -0.496 e. The monoisotopic (exact) mass is 414 g/mol. The van der Waals surface area contributed by atoms with E-state index in [9.17, 15) is 9.90 Å². The smallest absolute Gasteiger partial charge is 0.331 e. The lowest BCUT2D eigenvalue weighted by atomic mass is 9.48. The topological polar surface area (TPSA) is 46.5 Å². The quantitative estimate of drug-likeness (QED) is 0.644. The molecule has 0 atom stereocenters. The maximum Gasteiger partial charge on any atom is 0.331 e. The molecule has 0 radical (unpaired) electrons. The Balaban J connectivity index is 1.40. The molecule has 0 spiro atoms. The number of hydrogen-bond acceptors (Lipinski definition) is 2. The fourth-order valence-electron chi connectivity index (χ4n) is 7.58. The van der Waals surface area contributed by atoms with E-state index in [2.05, 4.69) is 36.4 Å². The molecule has 160 valence electrons. The van der Waals surface area contributed by atoms with Crippen LogP contribution < -0.4 is 4.74 Å². The van der Waals surface area contributed by atoms with Gasteiger partial charge in [-0.1, -0.05) is 24.3 Å². The van der Waals surface area contributed by atoms with Gasteiger partial charge in [0.1, 0.15) is 5.75 Å². The number of aliphatic carboxylic acids is 1. The van der Waals surface area contributed by atoms with E-state index in [4.69, 9.17) is 4.74 Å². The van der Waals surface area contributed by atoms with Crippen LogP contribution in [-0.2, 0) is 16.6 Å². The van der Waals surface area contributed by atoms with Gasteiger partial charge >= 0.3 is 5.97 Å². The van der Waals surface area contributed by atoms with Crippen LogP contribution in [0.5, 0.6) is 5.75 Å². The van der Waals surface area contributed by atoms with Crippen LogP contribution >= 0.6 is 0 Å². The maximum atomic E-state index is 11.3. The highest BCUT2D eigenvalue weighted by Crippen LogP contribution is 2.62. The van der Waals surface area contributed by atoms with Crippen LogP contribution in [0.2, 0.25) is 0 Å². The number of carbonyl (C=O) groups is 1. The summed E-state index contributed by atoms with van der Waals surface area (Å²) in [6.07, 6.45) is 11.5. The van der Waals surface area contributed by atoms with Gasteiger partial charge in [-0.25, -0.2) is 4.79 Å². The molecule has 0 heterocycles. The Hall–Kier alpha value is -2.55. The van der Waals surface area contributed by atoms with E-state index in [0.29, 0.717) is 17.4 Å². The number of rotatable bonds is 4. The van der Waals surface area contributed by atoms with Gasteiger partial charge in [-0.05, 0) is 115 Å². The van der Waals surface area contributed by atoms with Gasteiger partial charge in [0.15, 0.2) is 0 Å². The van der Waals surface area contributed by atoms with E-state index in [0.717, 1.165) is 35.5 Å². The molecule has 31 heavy (non-hydrogen) atoms. The number of methoxy groups -OCH3 is 1. The average molecular weight is 415 g/mol. The molecule has 4 saturated carbocycles. The number of fused-ring (bicyclic) bond motifs is 1. The molecule has 7 rings (SSSR count). The molecular weight excluding hydrogens is 384 g/mol. The van der Waals surface area contributed by atoms with Crippen molar-refractivity contribution in [2.75, 3.05) is 7.11 Å². The van der Waals surface area contributed by atoms with Crippen molar-refractivity contribution in [2.24, 2.45) is 17.8 Å². The van der Waals surface area contributed by atoms with Crippen LogP contribution in [-0.4, -0.2) is 18.2 Å². The van der Waals surface area contributed by atoms with Crippen molar-refractivity contribution in [3.8, 4) is 16.9 Å². The molecule has 3 nitrogen and oxygen atoms in total. The van der Waals surface area contributed by atoms with Gasteiger partial charge in [0.25, 0.3) is 0 Å². The Morgan fingerprint density at radius 1 is 0.935 bits per heavy atom. The Morgan fingerprint density at radius 2 is 1.58 bits per heavy atom. The van der Waals surface area contributed by atoms with Crippen molar-refractivity contribution < 1.29 is 14.6 Å². The van der Waals surface area contributed by atoms with Gasteiger partial charge < -0.3 is 9.84 Å². The Bertz CT molecular complexity index is 1060. The number of ether oxygens (including phenoxy) is 1. The lowest BCUT2D eigenvalue weighted by Gasteiger charge is -2.57. The molecule has 0 unspecified atom stereocenters. The maximum absolute atomic E-state index is 11.3. The molecule has 1 N–H and O–H groups in total. The first-order valence-electron chi connectivity index (χ1n) is 11.8. The summed E-state index contributed by atoms with van der Waals surface area (Å²) in [6, 6.07) is 13.3. The van der Waals surface area contributed by atoms with E-state index < -0.39 is 5.97 Å². The van der Waals surface area contributed by atoms with E-state index in [1.54, 1.807) is 0 Å². The molecule has 5 aliphatic carbocycles. The van der Waals surface area contributed by atoms with Gasteiger partial charge in [-0.15, -0.1) is 0 Å². The van der Waals surface area contributed by atoms with E-state index in [-0.39, 0.29) is 0 Å². The summed E-state index contributed by atoms with van der Waals surface area (Å²) in [4.78, 5) is 11.3. The average Bonchev–Trinajstić information content (AvgIpc) is 2.77. The third-order valence-electron chi connectivity index (χ3n) is 8.55. The normalized spacial score (nSPS) is 30.6. The van der Waals surface area contributed by atoms with E-state index in [1.807, 2.05) is 13.2 Å². The first-order chi connectivity index (χ1) is 15.0. The fourth-order valence-corrected chi connectivity index (χ4v) is 7.58. The van der Waals surface area contributed by atoms with Gasteiger partial charge in [0.2, 0.25) is 0 Å². The number of carboxylic acid groups (broad SMARTS) is 1. The first kappa shape index (κ1) is 19.2. The Morgan fingerprint density at radius 3 is 2.23 bits per heavy atom. The first-order valence-corrected chi connectivity index (χ1v) is 11.8. The molecule has 0 aromatic heterocycles. The molecule has 0 aliphatic heterocycles. The SMILES string of the molecule is COc1ccc(-c2ccc3c(c2)CCC(C(=O)O)=C3)cc1C12CC3CC(CC(C3)C1)C2. The van der Waals surface area contributed by atoms with Crippen molar-refractivity contribution in [3.63, 3.8) is 0 Å². The number of hydrogen-bond donors (Lipinski definition) is 1. The highest BCUT2D eigenvalue weighted by atomic mass is 16.5. The van der Waals surface area contributed by atoms with Gasteiger partial charge in [-0.2, -0.15) is 0 Å². The van der Waals surface area contributed by atoms with E-state index in [1.165, 1.54) is 60.8 Å². The van der Waals surface area contributed by atoms with Crippen molar-refractivity contribution >= 4 is 12.0 Å². The lowest BCUT2D eigenvalue weighted by Crippen LogP contribution is -2.48. The summed E-state index contributed by atoms with van der Waals surface area (Å²) in [5.74, 6) is 2.96. The fraction of sp³-hybridized carbons (Fsp3) is 0.464. The van der Waals surface area contributed by atoms with Crippen LogP contribution in [0.3, 0.4) is 0 Å². The lowest BCUT2D eigenvalue weighted by molar-refractivity contribution is -0.132. The standard InChI is InChI=1S/C28H30O3/c1-31-26-7-6-23(21-2-3-22-12-24(27(29)30)5-4-20(22)11-21)13-25(26)28-14-17-8-18(15-28)10-19(9-17)16-28/h2-3,6-7,11-13,17-19H,4-5,8-10,14-16H2,1H3,(H,29,30). The second kappa shape index (κ2) is 6.98. The van der Waals surface area contributed by atoms with Crippen LogP contribution in [0.25, 0.3) is 17.2 Å². The molecular formula is C28H30O3.